The van der Waals surface area contributed by atoms with Crippen molar-refractivity contribution >= 4 is 22.8 Å². The smallest absolute Gasteiger partial charge is 0.349 e. The molecule has 9 heteroatoms. The lowest BCUT2D eigenvalue weighted by Crippen LogP contribution is -2.58. The lowest BCUT2D eigenvalue weighted by atomic mass is 9.94. The molecule has 2 aromatic heterocycles. The Morgan fingerprint density at radius 1 is 0.956 bits per heavy atom. The predicted molar refractivity (Wildman–Crippen MR) is 174 cm³/mol. The van der Waals surface area contributed by atoms with Crippen LogP contribution in [-0.2, 0) is 17.6 Å². The van der Waals surface area contributed by atoms with E-state index in [2.05, 4.69) is 25.4 Å². The molecule has 0 radical (unpaired) electrons. The van der Waals surface area contributed by atoms with Crippen LogP contribution >= 0.6 is 0 Å². The van der Waals surface area contributed by atoms with Crippen LogP contribution in [0.15, 0.2) is 59.9 Å². The number of halogens is 2. The highest BCUT2D eigenvalue weighted by molar-refractivity contribution is 5.91. The van der Waals surface area contributed by atoms with E-state index in [1.54, 1.807) is 11.0 Å². The van der Waals surface area contributed by atoms with E-state index in [4.69, 9.17) is 4.98 Å². The molecule has 1 amide bonds. The normalized spacial score (nSPS) is 18.6. The number of carbonyl (C=O) groups excluding carboxylic acids is 1. The standard InChI is InChI=1S/C36H39F2N5O2/c1-6-30(44)41-19-23(5)42(20-22(41)4)34-27-18-29(38)32-31-24(14-11-17-28(31)37)12-8-7-9-13-25-15-10-16-26(21(2)3)33(25)43(35(27)39-32)36(45)40-34/h6,10-11,14-18,21-23H,1,7-9,12-13,19-20H2,2-5H3/t22-,23+/m1/s1. The first-order chi connectivity index (χ1) is 21.6. The molecular weight excluding hydrogens is 572 g/mol. The van der Waals surface area contributed by atoms with Gasteiger partial charge in [0.15, 0.2) is 5.65 Å². The molecule has 4 aromatic rings. The molecule has 2 bridgehead atoms. The first-order valence-electron chi connectivity index (χ1n) is 15.8. The van der Waals surface area contributed by atoms with Crippen LogP contribution in [0.4, 0.5) is 14.6 Å². The molecule has 1 fully saturated rings. The number of rotatable bonds is 3. The van der Waals surface area contributed by atoms with Crippen molar-refractivity contribution in [1.82, 2.24) is 19.4 Å². The number of aromatic nitrogens is 3. The minimum atomic E-state index is -0.685. The van der Waals surface area contributed by atoms with E-state index in [0.29, 0.717) is 42.0 Å². The highest BCUT2D eigenvalue weighted by Crippen LogP contribution is 2.37. The van der Waals surface area contributed by atoms with E-state index in [1.165, 1.54) is 22.8 Å². The van der Waals surface area contributed by atoms with Crippen molar-refractivity contribution in [2.45, 2.75) is 77.8 Å². The Labute approximate surface area is 262 Å². The maximum atomic E-state index is 16.3. The molecule has 0 N–H and O–H groups in total. The highest BCUT2D eigenvalue weighted by atomic mass is 19.1. The number of hydrogen-bond donors (Lipinski definition) is 0. The monoisotopic (exact) mass is 611 g/mol. The van der Waals surface area contributed by atoms with E-state index < -0.39 is 17.3 Å². The van der Waals surface area contributed by atoms with Gasteiger partial charge in [-0.3, -0.25) is 4.79 Å². The molecule has 4 heterocycles. The molecule has 0 unspecified atom stereocenters. The second-order valence-electron chi connectivity index (χ2n) is 12.6. The summed E-state index contributed by atoms with van der Waals surface area (Å²) < 4.78 is 33.4. The Hall–Kier alpha value is -4.40. The first-order valence-corrected chi connectivity index (χ1v) is 15.8. The molecule has 0 aliphatic carbocycles. The second-order valence-corrected chi connectivity index (χ2v) is 12.6. The molecule has 7 nitrogen and oxygen atoms in total. The summed E-state index contributed by atoms with van der Waals surface area (Å²) in [5.74, 6) is -1.03. The van der Waals surface area contributed by atoms with Crippen LogP contribution in [0.1, 0.15) is 69.6 Å². The van der Waals surface area contributed by atoms with Gasteiger partial charge in [-0.25, -0.2) is 23.1 Å². The molecule has 45 heavy (non-hydrogen) atoms. The van der Waals surface area contributed by atoms with Crippen molar-refractivity contribution in [1.29, 1.82) is 0 Å². The average Bonchev–Trinajstić information content (AvgIpc) is 3.02. The predicted octanol–water partition coefficient (Wildman–Crippen LogP) is 6.73. The molecule has 2 atom stereocenters. The van der Waals surface area contributed by atoms with E-state index in [-0.39, 0.29) is 40.8 Å². The summed E-state index contributed by atoms with van der Waals surface area (Å²) >= 11 is 0. The summed E-state index contributed by atoms with van der Waals surface area (Å²) in [4.78, 5) is 40.0. The Morgan fingerprint density at radius 2 is 1.67 bits per heavy atom. The molecule has 1 saturated heterocycles. The minimum absolute atomic E-state index is 0.0756. The van der Waals surface area contributed by atoms with Gasteiger partial charge < -0.3 is 9.80 Å². The number of nitrogens with zero attached hydrogens (tertiary/aromatic N) is 5. The van der Waals surface area contributed by atoms with Crippen LogP contribution in [0.3, 0.4) is 0 Å². The number of fused-ring (bicyclic) bond motifs is 5. The zero-order valence-electron chi connectivity index (χ0n) is 26.3. The van der Waals surface area contributed by atoms with E-state index in [0.717, 1.165) is 36.8 Å². The second kappa shape index (κ2) is 12.2. The molecule has 234 valence electrons. The SMILES string of the molecule is C=CC(=O)N1C[C@H](C)N(c2nc(=O)n3c4nc(c(F)cc24)-c2c(F)cccc2CCCCCc2cccc(C(C)C)c2-3)C[C@H]1C. The van der Waals surface area contributed by atoms with Gasteiger partial charge in [0.25, 0.3) is 0 Å². The van der Waals surface area contributed by atoms with Crippen LogP contribution in [-0.4, -0.2) is 50.5 Å². The first kappa shape index (κ1) is 30.6. The number of piperazine rings is 1. The largest absolute Gasteiger partial charge is 0.355 e. The third-order valence-corrected chi connectivity index (χ3v) is 9.24. The maximum Gasteiger partial charge on any atom is 0.355 e. The summed E-state index contributed by atoms with van der Waals surface area (Å²) in [6.45, 7) is 12.4. The number of para-hydroxylation sites is 1. The van der Waals surface area contributed by atoms with Gasteiger partial charge in [-0.05, 0) is 80.3 Å². The van der Waals surface area contributed by atoms with E-state index in [1.807, 2.05) is 43.0 Å². The van der Waals surface area contributed by atoms with Crippen molar-refractivity contribution < 1.29 is 13.6 Å². The Kier molecular flexibility index (Phi) is 8.29. The molecule has 2 aromatic carbocycles. The van der Waals surface area contributed by atoms with Gasteiger partial charge in [-0.15, -0.1) is 0 Å². The summed E-state index contributed by atoms with van der Waals surface area (Å²) in [7, 11) is 0. The van der Waals surface area contributed by atoms with Gasteiger partial charge in [-0.1, -0.05) is 57.2 Å². The summed E-state index contributed by atoms with van der Waals surface area (Å²) in [6.07, 6.45) is 5.21. The topological polar surface area (TPSA) is 71.3 Å². The van der Waals surface area contributed by atoms with Crippen LogP contribution in [0.25, 0.3) is 28.0 Å². The van der Waals surface area contributed by atoms with Crippen molar-refractivity contribution in [2.24, 2.45) is 0 Å². The van der Waals surface area contributed by atoms with Gasteiger partial charge in [0.05, 0.1) is 11.1 Å². The van der Waals surface area contributed by atoms with Crippen LogP contribution in [0.2, 0.25) is 0 Å². The third kappa shape index (κ3) is 5.42. The molecule has 0 saturated carbocycles. The van der Waals surface area contributed by atoms with E-state index >= 15 is 8.78 Å². The Bertz CT molecular complexity index is 1870. The number of carbonyl (C=O) groups is 1. The lowest BCUT2D eigenvalue weighted by molar-refractivity contribution is -0.128. The van der Waals surface area contributed by atoms with Crippen LogP contribution in [0, 0.1) is 11.6 Å². The van der Waals surface area contributed by atoms with Crippen molar-refractivity contribution in [3.63, 3.8) is 0 Å². The average molecular weight is 612 g/mol. The third-order valence-electron chi connectivity index (χ3n) is 9.24. The zero-order chi connectivity index (χ0) is 32.0. The molecule has 0 spiro atoms. The van der Waals surface area contributed by atoms with E-state index in [9.17, 15) is 9.59 Å². The molecule has 2 aliphatic heterocycles. The molecule has 2 aliphatic rings. The lowest BCUT2D eigenvalue weighted by Gasteiger charge is -2.44. The van der Waals surface area contributed by atoms with Gasteiger partial charge in [-0.2, -0.15) is 4.98 Å². The van der Waals surface area contributed by atoms with Gasteiger partial charge in [0, 0.05) is 30.7 Å². The van der Waals surface area contributed by atoms with Crippen molar-refractivity contribution in [3.8, 4) is 16.9 Å². The number of aryl methyl sites for hydroxylation is 2. The Morgan fingerprint density at radius 3 is 2.40 bits per heavy atom. The summed E-state index contributed by atoms with van der Waals surface area (Å²) in [5, 5.41) is 0.357. The number of hydrogen-bond acceptors (Lipinski definition) is 5. The van der Waals surface area contributed by atoms with Crippen LogP contribution < -0.4 is 10.6 Å². The van der Waals surface area contributed by atoms with Crippen molar-refractivity contribution in [2.75, 3.05) is 18.0 Å². The quantitative estimate of drug-likeness (QED) is 0.240. The van der Waals surface area contributed by atoms with Gasteiger partial charge >= 0.3 is 5.69 Å². The summed E-state index contributed by atoms with van der Waals surface area (Å²) in [6, 6.07) is 11.8. The van der Waals surface area contributed by atoms with Crippen molar-refractivity contribution in [3.05, 3.63) is 93.9 Å². The number of pyridine rings is 1. The minimum Gasteiger partial charge on any atom is -0.349 e. The number of amides is 1. The fourth-order valence-electron chi connectivity index (χ4n) is 6.95. The number of anilines is 1. The zero-order valence-corrected chi connectivity index (χ0v) is 26.3. The highest BCUT2D eigenvalue weighted by Gasteiger charge is 2.34. The van der Waals surface area contributed by atoms with Gasteiger partial charge in [0.1, 0.15) is 23.1 Å². The summed E-state index contributed by atoms with van der Waals surface area (Å²) in [5.41, 5.74) is 3.05. The van der Waals surface area contributed by atoms with Gasteiger partial charge in [0.2, 0.25) is 5.91 Å². The number of benzene rings is 2. The fourth-order valence-corrected chi connectivity index (χ4v) is 6.95. The Balaban J connectivity index is 1.69. The molecule has 6 rings (SSSR count). The molecular formula is C36H39F2N5O2. The maximum absolute atomic E-state index is 16.3. The van der Waals surface area contributed by atoms with Crippen LogP contribution in [0.5, 0.6) is 0 Å². The fraction of sp³-hybridized carbons (Fsp3) is 0.389.